The number of imidazole rings is 2. The number of amidine groups is 1. The van der Waals surface area contributed by atoms with Gasteiger partial charge >= 0.3 is 0 Å². The maximum Gasteiger partial charge on any atom is 0.293 e. The second-order valence-electron chi connectivity index (χ2n) is 33.1. The zero-order valence-corrected chi connectivity index (χ0v) is 57.5. The SMILES string of the molecule is C.C.C1CCC2(CC1)CCCC2.CC1(C)CCCCC1.CC1(c2cnc[nH]2)CCC2(CCCCC2)CC1.N=C(N)CCCC[C@@H](COC=O)NC1CCC2(CCCCC2)CC1.O=C1CC(=O)CC2(CCCCC2)C1.[HH].c1ncc(CN2CCC3(CCCCC3)CC2)[nH]1. The van der Waals surface area contributed by atoms with Crippen LogP contribution < -0.4 is 11.1 Å². The highest BCUT2D eigenvalue weighted by Gasteiger charge is 2.43. The van der Waals surface area contributed by atoms with E-state index in [0.717, 1.165) is 54.9 Å². The van der Waals surface area contributed by atoms with Gasteiger partial charge in [-0.05, 0) is 213 Å². The van der Waals surface area contributed by atoms with Crippen LogP contribution in [0.25, 0.3) is 0 Å². The highest BCUT2D eigenvalue weighted by Crippen LogP contribution is 2.54. The molecule has 1 atom stereocenters. The zero-order valence-electron chi connectivity index (χ0n) is 57.5. The molecule has 2 aromatic heterocycles. The van der Waals surface area contributed by atoms with Crippen LogP contribution >= 0.6 is 0 Å². The van der Waals surface area contributed by atoms with E-state index < -0.39 is 0 Å². The molecule has 11 aliphatic rings. The van der Waals surface area contributed by atoms with E-state index >= 15 is 0 Å². The molecule has 10 aliphatic carbocycles. The molecular weight excluding hydrogens is 1120 g/mol. The van der Waals surface area contributed by atoms with Gasteiger partial charge in [-0.1, -0.05) is 170 Å². The summed E-state index contributed by atoms with van der Waals surface area (Å²) >= 11 is 0. The number of carbonyl (C=O) groups excluding carboxylic acids is 3. The fraction of sp³-hybridized carbons (Fsp3) is 0.873. The fourth-order valence-electron chi connectivity index (χ4n) is 19.5. The number of Topliss-reactive ketones (excluding diaryl/α,β-unsaturated/α-hetero) is 2. The smallest absolute Gasteiger partial charge is 0.293 e. The highest BCUT2D eigenvalue weighted by atomic mass is 16.5. The lowest BCUT2D eigenvalue weighted by atomic mass is 9.59. The summed E-state index contributed by atoms with van der Waals surface area (Å²) in [5.74, 6) is 0.616. The Balaban J connectivity index is 0.000000205. The minimum atomic E-state index is 0. The molecule has 0 aromatic carbocycles. The Labute approximate surface area is 558 Å². The molecular formula is C79H142N8O4. The van der Waals surface area contributed by atoms with Crippen LogP contribution in [0.1, 0.15) is 376 Å². The molecule has 0 unspecified atom stereocenters. The van der Waals surface area contributed by atoms with Crippen LogP contribution in [0.15, 0.2) is 25.0 Å². The first-order valence-corrected chi connectivity index (χ1v) is 37.9. The molecule has 13 rings (SSSR count). The first kappa shape index (κ1) is 76.6. The van der Waals surface area contributed by atoms with E-state index in [4.69, 9.17) is 15.9 Å². The lowest BCUT2D eigenvalue weighted by Crippen LogP contribution is -2.45. The van der Waals surface area contributed by atoms with Gasteiger partial charge in [-0.25, -0.2) is 9.97 Å². The van der Waals surface area contributed by atoms with E-state index in [1.807, 2.05) is 18.7 Å². The number of likely N-dealkylation sites (tertiary alicyclic amines) is 1. The second-order valence-corrected chi connectivity index (χ2v) is 33.1. The van der Waals surface area contributed by atoms with Crippen molar-refractivity contribution in [3.05, 3.63) is 36.4 Å². The predicted octanol–water partition coefficient (Wildman–Crippen LogP) is 20.9. The highest BCUT2D eigenvalue weighted by molar-refractivity contribution is 6.02. The number of piperidine rings is 1. The molecule has 0 radical (unpaired) electrons. The van der Waals surface area contributed by atoms with Gasteiger partial charge in [0.05, 0.1) is 24.9 Å². The number of nitrogens with one attached hydrogen (secondary N) is 4. The van der Waals surface area contributed by atoms with Crippen molar-refractivity contribution in [3.63, 3.8) is 0 Å². The number of hydrogen-bond acceptors (Lipinski definition) is 9. The first-order chi connectivity index (χ1) is 43.0. The molecule has 12 heteroatoms. The summed E-state index contributed by atoms with van der Waals surface area (Å²) in [7, 11) is 0. The third kappa shape index (κ3) is 25.3. The molecule has 0 bridgehead atoms. The standard InChI is InChI=1S/C19H35N3O2.C15H24N2.C14H23N3.C11H16O2.C10H18.C8H16.2CH4.H2/c20-18(21)7-3-2-6-17(14-24-15-23)22-16-8-12-19(13-9-16)10-4-1-5-11-19;1-14(13-11-16-12-17-13)7-9-15(10-8-14)5-3-2-4-6-15;1-2-4-14(5-3-1)6-8-17(9-7-14)11-13-10-15-12-16-13;12-9-6-10(13)8-11(7-9)4-2-1-3-5-11;1-2-6-10(7-3-1)8-4-5-9-10;1-8(2)6-4-3-5-7-8;;;/h15-17,22H,1-14H2,(H3,20,21);11-12H,2-10H2,1H3,(H,16,17);10,12H,1-9,11H2,(H,15,16);1-8H2;1-9H2;3-7H2,1-2H3;2*1H4;1H/t17-;;;;;;;;/m0......../s1. The third-order valence-corrected chi connectivity index (χ3v) is 25.5. The maximum atomic E-state index is 11.3. The van der Waals surface area contributed by atoms with E-state index in [1.165, 1.54) is 268 Å². The van der Waals surface area contributed by atoms with E-state index in [0.29, 0.717) is 54.6 Å². The summed E-state index contributed by atoms with van der Waals surface area (Å²) in [6.07, 6.45) is 75.4. The molecule has 0 amide bonds. The van der Waals surface area contributed by atoms with Gasteiger partial charge in [0.2, 0.25) is 0 Å². The summed E-state index contributed by atoms with van der Waals surface area (Å²) in [5, 5.41) is 11.0. The van der Waals surface area contributed by atoms with Crippen molar-refractivity contribution < 1.29 is 20.5 Å². The van der Waals surface area contributed by atoms with Crippen molar-refractivity contribution in [1.82, 2.24) is 30.2 Å². The number of ether oxygens (including phenoxy) is 1. The van der Waals surface area contributed by atoms with Crippen LogP contribution in [0.2, 0.25) is 0 Å². The molecule has 5 spiro atoms. The quantitative estimate of drug-likeness (QED) is 0.0428. The minimum Gasteiger partial charge on any atom is -0.466 e. The molecule has 6 N–H and O–H groups in total. The average Bonchev–Trinajstić information content (AvgIpc) is 1.51. The normalized spacial score (nSPS) is 26.1. The van der Waals surface area contributed by atoms with Crippen LogP contribution in [0.3, 0.4) is 0 Å². The van der Waals surface area contributed by atoms with Gasteiger partial charge in [0.15, 0.2) is 0 Å². The Bertz CT molecular complexity index is 2260. The molecule has 522 valence electrons. The number of nitrogens with two attached hydrogens (primary N) is 1. The van der Waals surface area contributed by atoms with E-state index in [1.54, 1.807) is 32.0 Å². The summed E-state index contributed by atoms with van der Waals surface area (Å²) < 4.78 is 5.02. The number of ketones is 2. The number of aromatic nitrogens is 4. The zero-order chi connectivity index (χ0) is 62.8. The number of aromatic amines is 2. The lowest BCUT2D eigenvalue weighted by molar-refractivity contribution is -0.135. The molecule has 91 heavy (non-hydrogen) atoms. The molecule has 1 aliphatic heterocycles. The van der Waals surface area contributed by atoms with Gasteiger partial charge in [-0.3, -0.25) is 24.7 Å². The number of hydrogen-bond donors (Lipinski definition) is 5. The van der Waals surface area contributed by atoms with E-state index in [9.17, 15) is 14.4 Å². The summed E-state index contributed by atoms with van der Waals surface area (Å²) in [4.78, 5) is 50.6. The molecule has 3 heterocycles. The van der Waals surface area contributed by atoms with Gasteiger partial charge < -0.3 is 25.8 Å². The summed E-state index contributed by atoms with van der Waals surface area (Å²) in [6.45, 7) is 11.8. The predicted molar refractivity (Wildman–Crippen MR) is 381 cm³/mol. The van der Waals surface area contributed by atoms with Crippen molar-refractivity contribution in [1.29, 1.82) is 5.41 Å². The van der Waals surface area contributed by atoms with Crippen molar-refractivity contribution in [2.24, 2.45) is 38.2 Å². The van der Waals surface area contributed by atoms with E-state index in [2.05, 4.69) is 50.9 Å². The Morgan fingerprint density at radius 1 is 0.582 bits per heavy atom. The van der Waals surface area contributed by atoms with Crippen molar-refractivity contribution in [2.75, 3.05) is 19.7 Å². The molecule has 12 nitrogen and oxygen atoms in total. The molecule has 10 saturated carbocycles. The van der Waals surface area contributed by atoms with Crippen LogP contribution in [-0.2, 0) is 31.1 Å². The Kier molecular flexibility index (Phi) is 32.3. The van der Waals surface area contributed by atoms with Crippen LogP contribution in [0.5, 0.6) is 0 Å². The largest absolute Gasteiger partial charge is 0.466 e. The van der Waals surface area contributed by atoms with Gasteiger partial charge in [-0.15, -0.1) is 0 Å². The van der Waals surface area contributed by atoms with Gasteiger partial charge in [-0.2, -0.15) is 0 Å². The van der Waals surface area contributed by atoms with Crippen LogP contribution in [0.4, 0.5) is 0 Å². The monoisotopic (exact) mass is 1270 g/mol. The number of nitrogens with zero attached hydrogens (tertiary/aromatic N) is 3. The Morgan fingerprint density at radius 2 is 1.00 bits per heavy atom. The summed E-state index contributed by atoms with van der Waals surface area (Å²) in [5.41, 5.74) is 12.1. The van der Waals surface area contributed by atoms with Crippen molar-refractivity contribution >= 4 is 23.9 Å². The minimum absolute atomic E-state index is 0. The van der Waals surface area contributed by atoms with Gasteiger partial charge in [0.25, 0.3) is 6.47 Å². The average molecular weight is 1270 g/mol. The van der Waals surface area contributed by atoms with Crippen LogP contribution in [-0.4, -0.2) is 80.5 Å². The lowest BCUT2D eigenvalue weighted by Gasteiger charge is -2.46. The fourth-order valence-corrected chi connectivity index (χ4v) is 19.5. The number of carbonyl (C=O) groups is 3. The number of unbranched alkanes of at least 4 members (excludes halogenated alkanes) is 1. The van der Waals surface area contributed by atoms with Crippen molar-refractivity contribution in [2.45, 2.75) is 387 Å². The molecule has 11 fully saturated rings. The van der Waals surface area contributed by atoms with Crippen LogP contribution in [0, 0.1) is 37.9 Å². The van der Waals surface area contributed by atoms with Gasteiger partial charge in [0, 0.05) is 68.5 Å². The van der Waals surface area contributed by atoms with Gasteiger partial charge in [0.1, 0.15) is 18.2 Å². The maximum absolute atomic E-state index is 11.3. The Morgan fingerprint density at radius 3 is 1.42 bits per heavy atom. The first-order valence-electron chi connectivity index (χ1n) is 37.9. The van der Waals surface area contributed by atoms with Crippen molar-refractivity contribution in [3.8, 4) is 0 Å². The second kappa shape index (κ2) is 38.4. The Hall–Kier alpha value is -3.38. The van der Waals surface area contributed by atoms with E-state index in [-0.39, 0.29) is 51.6 Å². The third-order valence-electron chi connectivity index (χ3n) is 25.5. The molecule has 2 aromatic rings. The topological polar surface area (TPSA) is 183 Å². The summed E-state index contributed by atoms with van der Waals surface area (Å²) in [6, 6.07) is 0.790. The number of rotatable bonds is 13. The number of H-pyrrole nitrogens is 2. The molecule has 1 saturated heterocycles.